The number of likely N-dealkylation sites (N-methyl/N-ethyl adjacent to an activating group) is 3. The van der Waals surface area contributed by atoms with Crippen molar-refractivity contribution >= 4 is 129 Å². The van der Waals surface area contributed by atoms with Crippen molar-refractivity contribution in [1.82, 2.24) is 45.6 Å². The molecule has 6 aromatic carbocycles. The predicted octanol–water partition coefficient (Wildman–Crippen LogP) is 12.8. The number of nitrogens with zero attached hydrogens (tertiary/aromatic N) is 6. The highest BCUT2D eigenvalue weighted by molar-refractivity contribution is 7.48. The minimum Gasteiger partial charge on any atom is -0.447 e. The van der Waals surface area contributed by atoms with Gasteiger partial charge in [0.25, 0.3) is 0 Å². The molecule has 6 atom stereocenters. The minimum atomic E-state index is -5.26. The van der Waals surface area contributed by atoms with Crippen molar-refractivity contribution in [2.75, 3.05) is 76.7 Å². The minimum absolute atomic E-state index is 0.105. The van der Waals surface area contributed by atoms with Gasteiger partial charge in [-0.3, -0.25) is 29.5 Å². The number of ether oxygens (including phenoxy) is 3. The van der Waals surface area contributed by atoms with Crippen LogP contribution in [0.4, 0.5) is 59.4 Å². The zero-order valence-electron chi connectivity index (χ0n) is 57.6. The topological polar surface area (TPSA) is 356 Å². The van der Waals surface area contributed by atoms with Crippen molar-refractivity contribution in [1.29, 1.82) is 0 Å². The molecule has 107 heavy (non-hydrogen) atoms. The molecule has 0 fully saturated rings. The van der Waals surface area contributed by atoms with Crippen LogP contribution in [-0.2, 0) is 52.0 Å². The van der Waals surface area contributed by atoms with E-state index >= 15 is 4.57 Å². The Bertz CT molecular complexity index is 4210. The van der Waals surface area contributed by atoms with Crippen LogP contribution in [0.25, 0.3) is 32.3 Å². The van der Waals surface area contributed by atoms with Gasteiger partial charge in [-0.25, -0.2) is 61.5 Å². The summed E-state index contributed by atoms with van der Waals surface area (Å²) in [6, 6.07) is 32.0. The number of halogens is 6. The second-order valence-electron chi connectivity index (χ2n) is 24.3. The number of hydrogen-bond acceptors (Lipinski definition) is 19. The SMILES string of the molecule is CN(C(=O)NCc1cccc(F)c1Cl)[C@H](COC(=O)Nc1cc2ccccc2cn1)C[C@@H](O)COP(=O)(OC[C@H](O)C[C@@H](COC(=O)Nc1cc2ccccc2cn1)N(C)C(=O)NCc1cccc(F)c1Cl)OC[C@H](O)C[C@@H](COC(=O)Nc1cc2ccccc2cn1)N(C)C(=O)NCc1cccc(F)c1Cl. The Morgan fingerprint density at radius 1 is 0.411 bits per heavy atom. The van der Waals surface area contributed by atoms with E-state index < -0.39 is 157 Å². The number of pyridine rings is 3. The van der Waals surface area contributed by atoms with Gasteiger partial charge in [0.1, 0.15) is 54.7 Å². The number of fused-ring (bicyclic) bond motifs is 3. The molecule has 3 heterocycles. The van der Waals surface area contributed by atoms with E-state index in [0.717, 1.165) is 65.2 Å². The van der Waals surface area contributed by atoms with Gasteiger partial charge in [0.05, 0.1) is 71.3 Å². The van der Waals surface area contributed by atoms with Crippen molar-refractivity contribution in [3.05, 3.63) is 213 Å². The molecule has 0 saturated carbocycles. The molecule has 0 aliphatic heterocycles. The van der Waals surface area contributed by atoms with E-state index in [1.165, 1.54) is 76.1 Å². The molecular formula is C72H75Cl3F3N12O16P. The molecule has 0 aliphatic rings. The number of nitrogens with one attached hydrogen (secondary N) is 6. The highest BCUT2D eigenvalue weighted by Gasteiger charge is 2.35. The lowest BCUT2D eigenvalue weighted by molar-refractivity contribution is 0.000355. The Hall–Kier alpha value is -10.2. The van der Waals surface area contributed by atoms with Crippen LogP contribution in [0.3, 0.4) is 0 Å². The molecule has 28 nitrogen and oxygen atoms in total. The Morgan fingerprint density at radius 3 is 0.944 bits per heavy atom. The Labute approximate surface area is 626 Å². The average Bonchev–Trinajstić information content (AvgIpc) is 0.852. The van der Waals surface area contributed by atoms with Crippen molar-refractivity contribution < 1.29 is 89.6 Å². The van der Waals surface area contributed by atoms with E-state index in [1.54, 1.807) is 54.6 Å². The van der Waals surface area contributed by atoms with E-state index in [9.17, 15) is 57.3 Å². The van der Waals surface area contributed by atoms with Crippen molar-refractivity contribution in [3.8, 4) is 0 Å². The van der Waals surface area contributed by atoms with E-state index in [-0.39, 0.29) is 68.8 Å². The molecule has 566 valence electrons. The smallest absolute Gasteiger partial charge is 0.447 e. The fourth-order valence-corrected chi connectivity index (χ4v) is 12.5. The lowest BCUT2D eigenvalue weighted by atomic mass is 10.1. The predicted molar refractivity (Wildman–Crippen MR) is 393 cm³/mol. The molecule has 9 aromatic rings. The van der Waals surface area contributed by atoms with Gasteiger partial charge in [-0.2, -0.15) is 0 Å². The van der Waals surface area contributed by atoms with Crippen LogP contribution >= 0.6 is 42.6 Å². The summed E-state index contributed by atoms with van der Waals surface area (Å²) in [5, 5.41) is 54.5. The molecule has 0 unspecified atom stereocenters. The van der Waals surface area contributed by atoms with Gasteiger partial charge in [0, 0.05) is 75.5 Å². The number of rotatable bonds is 33. The standard InChI is InChI=1S/C72H75Cl3F3N12O16P/c1-88(67(94)82-34-49-19-10-22-58(76)64(49)73)52(37-101-70(97)85-61-25-43-13-4-7-16-46(43)31-79-61)28-55(91)40-104-107(100,105-41-56(92)29-53(89(2)68(95)83-35-50-20-11-23-59(77)65(50)74)38-102-71(98)86-62-26-44-14-5-8-17-47(44)32-80-62)106-42-57(93)30-54(90(3)69(96)84-36-51-21-12-24-60(78)66(51)75)39-103-72(99)87-63-27-45-15-6-9-18-48(45)33-81-63/h4-27,31-33,52-57,91-93H,28-30,34-42H2,1-3H3,(H,82,94)(H,83,95)(H,84,96)(H,79,85,97)(H,80,86,98)(H,81,87,99)/t52-,53-,54-,55+,56+,57+/m0/s1. The van der Waals surface area contributed by atoms with Crippen LogP contribution in [0.15, 0.2) is 164 Å². The third kappa shape index (κ3) is 23.9. The zero-order valence-corrected chi connectivity index (χ0v) is 60.7. The van der Waals surface area contributed by atoms with Crippen molar-refractivity contribution in [2.45, 2.75) is 75.3 Å². The maximum atomic E-state index is 15.1. The normalized spacial score (nSPS) is 13.1. The van der Waals surface area contributed by atoms with E-state index in [0.29, 0.717) is 0 Å². The number of amides is 9. The van der Waals surface area contributed by atoms with Crippen molar-refractivity contribution in [3.63, 3.8) is 0 Å². The molecule has 0 spiro atoms. The van der Waals surface area contributed by atoms with Crippen LogP contribution in [0.2, 0.25) is 15.1 Å². The molecule has 0 bridgehead atoms. The summed E-state index contributed by atoms with van der Waals surface area (Å²) >= 11 is 18.5. The number of aliphatic hydroxyl groups is 3. The molecule has 0 aliphatic carbocycles. The van der Waals surface area contributed by atoms with Crippen LogP contribution in [-0.4, -0.2) is 179 Å². The molecule has 9 N–H and O–H groups in total. The number of phosphoric acid groups is 1. The maximum absolute atomic E-state index is 15.1. The Balaban J connectivity index is 0.938. The van der Waals surface area contributed by atoms with Gasteiger partial charge in [0.2, 0.25) is 0 Å². The third-order valence-electron chi connectivity index (χ3n) is 16.7. The first-order chi connectivity index (χ1) is 51.3. The van der Waals surface area contributed by atoms with Gasteiger partial charge in [-0.1, -0.05) is 144 Å². The number of anilines is 3. The monoisotopic (exact) mass is 1560 g/mol. The average molecular weight is 1560 g/mol. The number of benzene rings is 6. The highest BCUT2D eigenvalue weighted by atomic mass is 35.5. The fourth-order valence-electron chi connectivity index (χ4n) is 10.6. The second kappa shape index (κ2) is 38.9. The van der Waals surface area contributed by atoms with Gasteiger partial charge < -0.3 is 60.2 Å². The van der Waals surface area contributed by atoms with Gasteiger partial charge in [-0.15, -0.1) is 0 Å². The molecule has 9 rings (SSSR count). The summed E-state index contributed by atoms with van der Waals surface area (Å²) < 4.78 is 92.4. The molecule has 3 aromatic heterocycles. The number of hydrogen-bond donors (Lipinski definition) is 9. The van der Waals surface area contributed by atoms with Crippen LogP contribution < -0.4 is 31.9 Å². The van der Waals surface area contributed by atoms with Gasteiger partial charge >= 0.3 is 44.2 Å². The quantitative estimate of drug-likeness (QED) is 0.0136. The lowest BCUT2D eigenvalue weighted by Crippen LogP contribution is -2.47. The molecule has 0 radical (unpaired) electrons. The summed E-state index contributed by atoms with van der Waals surface area (Å²) in [5.74, 6) is -1.94. The maximum Gasteiger partial charge on any atom is 0.475 e. The Kier molecular flexibility index (Phi) is 29.4. The molecular weight excluding hydrogens is 1480 g/mol. The lowest BCUT2D eigenvalue weighted by Gasteiger charge is -2.31. The first kappa shape index (κ1) is 80.9. The van der Waals surface area contributed by atoms with Gasteiger partial charge in [-0.05, 0) is 88.5 Å². The number of urea groups is 3. The first-order valence-corrected chi connectivity index (χ1v) is 35.6. The number of aromatic nitrogens is 3. The fraction of sp³-hybridized carbons (Fsp3) is 0.292. The molecule has 0 saturated heterocycles. The summed E-state index contributed by atoms with van der Waals surface area (Å²) in [6.45, 7) is -5.71. The van der Waals surface area contributed by atoms with Gasteiger partial charge in [0.15, 0.2) is 0 Å². The zero-order chi connectivity index (χ0) is 76.7. The summed E-state index contributed by atoms with van der Waals surface area (Å²) in [4.78, 5) is 97.6. The molecule has 9 amide bonds. The summed E-state index contributed by atoms with van der Waals surface area (Å²) in [6.07, 6.45) is -5.45. The summed E-state index contributed by atoms with van der Waals surface area (Å²) in [7, 11) is -1.40. The number of phosphoric ester groups is 1. The van der Waals surface area contributed by atoms with Crippen LogP contribution in [0, 0.1) is 17.5 Å². The van der Waals surface area contributed by atoms with Crippen molar-refractivity contribution in [2.24, 2.45) is 0 Å². The highest BCUT2D eigenvalue weighted by Crippen LogP contribution is 2.50. The second-order valence-corrected chi connectivity index (χ2v) is 27.1. The van der Waals surface area contributed by atoms with E-state index in [1.807, 2.05) is 36.4 Å². The summed E-state index contributed by atoms with van der Waals surface area (Å²) in [5.41, 5.74) is 0.607. The largest absolute Gasteiger partial charge is 0.475 e. The van der Waals surface area contributed by atoms with Crippen LogP contribution in [0.1, 0.15) is 36.0 Å². The first-order valence-electron chi connectivity index (χ1n) is 33.0. The van der Waals surface area contributed by atoms with E-state index in [4.69, 9.17) is 62.6 Å². The number of carbonyl (C=O) groups is 6. The third-order valence-corrected chi connectivity index (χ3v) is 19.4. The molecule has 35 heteroatoms. The van der Waals surface area contributed by atoms with E-state index in [2.05, 4.69) is 46.9 Å². The number of aliphatic hydroxyl groups excluding tert-OH is 3. The van der Waals surface area contributed by atoms with Crippen LogP contribution in [0.5, 0.6) is 0 Å². The Morgan fingerprint density at radius 2 is 0.673 bits per heavy atom. The number of carbonyl (C=O) groups excluding carboxylic acids is 6.